The van der Waals surface area contributed by atoms with Gasteiger partial charge in [0.1, 0.15) is 5.01 Å². The summed E-state index contributed by atoms with van der Waals surface area (Å²) in [4.78, 5) is 15.9. The minimum Gasteiger partial charge on any atom is -0.465 e. The van der Waals surface area contributed by atoms with Crippen molar-refractivity contribution in [3.63, 3.8) is 0 Å². The molecule has 0 aliphatic rings. The first kappa shape index (κ1) is 13.1. The highest BCUT2D eigenvalue weighted by Gasteiger charge is 2.23. The largest absolute Gasteiger partial charge is 0.465 e. The van der Waals surface area contributed by atoms with E-state index in [4.69, 9.17) is 4.74 Å². The number of nitrogens with one attached hydrogen (secondary N) is 1. The van der Waals surface area contributed by atoms with Gasteiger partial charge in [0, 0.05) is 11.6 Å². The van der Waals surface area contributed by atoms with E-state index in [1.54, 1.807) is 13.1 Å². The summed E-state index contributed by atoms with van der Waals surface area (Å²) < 4.78 is 5.03. The zero-order chi connectivity index (χ0) is 12.0. The number of nitrogens with zero attached hydrogens (tertiary/aromatic N) is 1. The first-order chi connectivity index (χ1) is 7.65. The molecule has 1 rings (SSSR count). The molecule has 0 aliphatic heterocycles. The molecule has 1 atom stereocenters. The Hall–Kier alpha value is -0.940. The van der Waals surface area contributed by atoms with Crippen LogP contribution < -0.4 is 5.32 Å². The van der Waals surface area contributed by atoms with Crippen molar-refractivity contribution in [3.8, 4) is 0 Å². The monoisotopic (exact) mass is 242 g/mol. The summed E-state index contributed by atoms with van der Waals surface area (Å²) in [5, 5.41) is 5.80. The van der Waals surface area contributed by atoms with E-state index >= 15 is 0 Å². The van der Waals surface area contributed by atoms with Crippen molar-refractivity contribution in [2.75, 3.05) is 13.2 Å². The molecule has 0 spiro atoms. The molecule has 0 aromatic carbocycles. The number of rotatable bonds is 6. The van der Waals surface area contributed by atoms with Crippen molar-refractivity contribution in [1.82, 2.24) is 10.3 Å². The van der Waals surface area contributed by atoms with Crippen LogP contribution in [0.5, 0.6) is 0 Å². The fraction of sp³-hybridized carbons (Fsp3) is 0.636. The molecule has 0 bridgehead atoms. The lowest BCUT2D eigenvalue weighted by molar-refractivity contribution is -0.145. The van der Waals surface area contributed by atoms with Crippen LogP contribution in [0.2, 0.25) is 0 Å². The fourth-order valence-corrected chi connectivity index (χ4v) is 1.93. The van der Waals surface area contributed by atoms with Crippen LogP contribution in [0.25, 0.3) is 0 Å². The molecule has 1 unspecified atom stereocenters. The zero-order valence-electron chi connectivity index (χ0n) is 9.90. The van der Waals surface area contributed by atoms with Gasteiger partial charge in [0.15, 0.2) is 6.04 Å². The molecule has 0 saturated carbocycles. The van der Waals surface area contributed by atoms with E-state index in [0.717, 1.165) is 11.6 Å². The van der Waals surface area contributed by atoms with Crippen LogP contribution >= 0.6 is 11.3 Å². The Kier molecular flexibility index (Phi) is 5.42. The molecule has 1 N–H and O–H groups in total. The summed E-state index contributed by atoms with van der Waals surface area (Å²) in [5.74, 6) is 0.231. The maximum atomic E-state index is 11.7. The van der Waals surface area contributed by atoms with Gasteiger partial charge in [0.25, 0.3) is 0 Å². The average Bonchev–Trinajstić information content (AvgIpc) is 2.71. The number of aromatic nitrogens is 1. The lowest BCUT2D eigenvalue weighted by Gasteiger charge is -2.16. The molecule has 0 radical (unpaired) electrons. The second-order valence-electron chi connectivity index (χ2n) is 3.86. The highest BCUT2D eigenvalue weighted by atomic mass is 32.1. The van der Waals surface area contributed by atoms with Crippen molar-refractivity contribution in [2.24, 2.45) is 5.92 Å². The first-order valence-electron chi connectivity index (χ1n) is 5.44. The molecule has 0 aliphatic carbocycles. The van der Waals surface area contributed by atoms with E-state index in [1.807, 2.05) is 5.38 Å². The minimum atomic E-state index is -0.428. The summed E-state index contributed by atoms with van der Waals surface area (Å²) in [6.45, 7) is 7.15. The highest BCUT2D eigenvalue weighted by molar-refractivity contribution is 7.09. The Morgan fingerprint density at radius 1 is 1.62 bits per heavy atom. The van der Waals surface area contributed by atoms with E-state index < -0.39 is 6.04 Å². The molecule has 0 fully saturated rings. The predicted octanol–water partition coefficient (Wildman–Crippen LogP) is 1.99. The van der Waals surface area contributed by atoms with Gasteiger partial charge in [-0.1, -0.05) is 13.8 Å². The van der Waals surface area contributed by atoms with Gasteiger partial charge in [0.05, 0.1) is 6.61 Å². The molecule has 0 saturated heterocycles. The van der Waals surface area contributed by atoms with Gasteiger partial charge >= 0.3 is 5.97 Å². The number of carbonyl (C=O) groups excluding carboxylic acids is 1. The number of hydrogen-bond acceptors (Lipinski definition) is 5. The van der Waals surface area contributed by atoms with Gasteiger partial charge in [-0.3, -0.25) is 5.32 Å². The van der Waals surface area contributed by atoms with Crippen LogP contribution in [0.3, 0.4) is 0 Å². The van der Waals surface area contributed by atoms with Crippen molar-refractivity contribution >= 4 is 17.3 Å². The average molecular weight is 242 g/mol. The number of esters is 1. The van der Waals surface area contributed by atoms with E-state index in [-0.39, 0.29) is 5.97 Å². The second kappa shape index (κ2) is 6.60. The minimum absolute atomic E-state index is 0.252. The van der Waals surface area contributed by atoms with Crippen LogP contribution in [0.4, 0.5) is 0 Å². The standard InChI is InChI=1S/C11H18N2O2S/c1-4-15-11(14)9(13-7-8(2)3)10-12-5-6-16-10/h5-6,8-9,13H,4,7H2,1-3H3. The lowest BCUT2D eigenvalue weighted by Crippen LogP contribution is -2.32. The fourth-order valence-electron chi connectivity index (χ4n) is 1.23. The third-order valence-electron chi connectivity index (χ3n) is 1.95. The second-order valence-corrected chi connectivity index (χ2v) is 4.78. The van der Waals surface area contributed by atoms with Gasteiger partial charge in [-0.2, -0.15) is 0 Å². The predicted molar refractivity (Wildman–Crippen MR) is 64.3 cm³/mol. The van der Waals surface area contributed by atoms with Crippen LogP contribution in [-0.2, 0) is 9.53 Å². The molecule has 90 valence electrons. The topological polar surface area (TPSA) is 51.2 Å². The molecule has 1 heterocycles. The smallest absolute Gasteiger partial charge is 0.330 e. The molecule has 5 heteroatoms. The van der Waals surface area contributed by atoms with Gasteiger partial charge in [-0.25, -0.2) is 9.78 Å². The Morgan fingerprint density at radius 2 is 2.38 bits per heavy atom. The molecular formula is C11H18N2O2S. The first-order valence-corrected chi connectivity index (χ1v) is 6.32. The summed E-state index contributed by atoms with van der Waals surface area (Å²) >= 11 is 1.46. The SMILES string of the molecule is CCOC(=O)C(NCC(C)C)c1nccs1. The summed E-state index contributed by atoms with van der Waals surface area (Å²) in [7, 11) is 0. The zero-order valence-corrected chi connectivity index (χ0v) is 10.7. The number of thiazole rings is 1. The Bertz CT molecular complexity index is 312. The van der Waals surface area contributed by atoms with Crippen LogP contribution in [-0.4, -0.2) is 24.1 Å². The van der Waals surface area contributed by atoms with Gasteiger partial charge in [-0.05, 0) is 19.4 Å². The van der Waals surface area contributed by atoms with E-state index in [0.29, 0.717) is 12.5 Å². The molecular weight excluding hydrogens is 224 g/mol. The van der Waals surface area contributed by atoms with Crippen molar-refractivity contribution in [1.29, 1.82) is 0 Å². The molecule has 16 heavy (non-hydrogen) atoms. The maximum absolute atomic E-state index is 11.7. The van der Waals surface area contributed by atoms with Gasteiger partial charge in [-0.15, -0.1) is 11.3 Å². The van der Waals surface area contributed by atoms with Gasteiger partial charge < -0.3 is 4.74 Å². The van der Waals surface area contributed by atoms with Crippen LogP contribution in [0, 0.1) is 5.92 Å². The third-order valence-corrected chi connectivity index (χ3v) is 2.79. The highest BCUT2D eigenvalue weighted by Crippen LogP contribution is 2.17. The summed E-state index contributed by atoms with van der Waals surface area (Å²) in [6.07, 6.45) is 1.70. The Morgan fingerprint density at radius 3 is 2.88 bits per heavy atom. The molecule has 1 aromatic heterocycles. The third kappa shape index (κ3) is 3.90. The van der Waals surface area contributed by atoms with Crippen LogP contribution in [0.1, 0.15) is 31.8 Å². The lowest BCUT2D eigenvalue weighted by atomic mass is 10.2. The van der Waals surface area contributed by atoms with Gasteiger partial charge in [0.2, 0.25) is 0 Å². The molecule has 1 aromatic rings. The molecule has 4 nitrogen and oxygen atoms in total. The maximum Gasteiger partial charge on any atom is 0.330 e. The van der Waals surface area contributed by atoms with E-state index in [2.05, 4.69) is 24.1 Å². The number of hydrogen-bond donors (Lipinski definition) is 1. The quantitative estimate of drug-likeness (QED) is 0.775. The Labute approximate surface area is 100 Å². The Balaban J connectivity index is 2.66. The summed E-state index contributed by atoms with van der Waals surface area (Å²) in [5.41, 5.74) is 0. The van der Waals surface area contributed by atoms with E-state index in [9.17, 15) is 4.79 Å². The van der Waals surface area contributed by atoms with Crippen molar-refractivity contribution in [2.45, 2.75) is 26.8 Å². The number of ether oxygens (including phenoxy) is 1. The normalized spacial score (nSPS) is 12.8. The van der Waals surface area contributed by atoms with Crippen molar-refractivity contribution < 1.29 is 9.53 Å². The number of carbonyl (C=O) groups is 1. The van der Waals surface area contributed by atoms with Crippen LogP contribution in [0.15, 0.2) is 11.6 Å². The summed E-state index contributed by atoms with van der Waals surface area (Å²) in [6, 6.07) is -0.428. The molecule has 0 amide bonds. The van der Waals surface area contributed by atoms with E-state index in [1.165, 1.54) is 11.3 Å². The van der Waals surface area contributed by atoms with Crippen molar-refractivity contribution in [3.05, 3.63) is 16.6 Å².